The molecule has 15 heavy (non-hydrogen) atoms. The Balaban J connectivity index is 2.95. The van der Waals surface area contributed by atoms with E-state index < -0.39 is 0 Å². The van der Waals surface area contributed by atoms with Crippen molar-refractivity contribution in [1.29, 1.82) is 0 Å². The molecular weight excluding hydrogens is 182 g/mol. The van der Waals surface area contributed by atoms with E-state index in [2.05, 4.69) is 30.3 Å². The fraction of sp³-hybridized carbons (Fsp3) is 0.0714. The lowest BCUT2D eigenvalue weighted by atomic mass is 10.1. The van der Waals surface area contributed by atoms with Gasteiger partial charge in [-0.05, 0) is 18.2 Å². The molecule has 1 heteroatoms. The van der Waals surface area contributed by atoms with E-state index in [1.165, 1.54) is 0 Å². The van der Waals surface area contributed by atoms with Crippen molar-refractivity contribution in [1.82, 2.24) is 0 Å². The molecule has 74 valence electrons. The molecule has 1 nitrogen and oxygen atoms in total. The third kappa shape index (κ3) is 1.46. The van der Waals surface area contributed by atoms with E-state index in [-0.39, 0.29) is 0 Å². The monoisotopic (exact) mass is 195 g/mol. The SMILES string of the molecule is C=C/C=c1\cc(/C=C\C)c2c(=C)c1=CN=2. The summed E-state index contributed by atoms with van der Waals surface area (Å²) in [5, 5.41) is 4.24. The molecule has 1 aliphatic rings. The van der Waals surface area contributed by atoms with Gasteiger partial charge in [0.15, 0.2) is 0 Å². The van der Waals surface area contributed by atoms with Gasteiger partial charge >= 0.3 is 0 Å². The van der Waals surface area contributed by atoms with Gasteiger partial charge in [-0.2, -0.15) is 0 Å². The molecular formula is C14H13N. The minimum atomic E-state index is 0.990. The first-order valence-corrected chi connectivity index (χ1v) is 4.93. The van der Waals surface area contributed by atoms with Crippen LogP contribution in [0, 0.1) is 0 Å². The van der Waals surface area contributed by atoms with Crippen molar-refractivity contribution in [3.8, 4) is 0 Å². The van der Waals surface area contributed by atoms with Crippen molar-refractivity contribution in [2.75, 3.05) is 0 Å². The summed E-state index contributed by atoms with van der Waals surface area (Å²) in [6.45, 7) is 9.77. The zero-order valence-corrected chi connectivity index (χ0v) is 8.83. The molecule has 0 saturated heterocycles. The molecule has 0 unspecified atom stereocenters. The maximum absolute atomic E-state index is 4.37. The molecule has 2 bridgehead atoms. The fourth-order valence-corrected chi connectivity index (χ4v) is 1.80. The lowest BCUT2D eigenvalue weighted by molar-refractivity contribution is 1.36. The van der Waals surface area contributed by atoms with Crippen LogP contribution < -0.4 is 21.0 Å². The Kier molecular flexibility index (Phi) is 2.38. The van der Waals surface area contributed by atoms with Gasteiger partial charge in [-0.1, -0.05) is 37.5 Å². The van der Waals surface area contributed by atoms with Gasteiger partial charge < -0.3 is 0 Å². The van der Waals surface area contributed by atoms with Crippen molar-refractivity contribution in [3.05, 3.63) is 51.4 Å². The number of hydrogen-bond acceptors (Lipinski definition) is 1. The van der Waals surface area contributed by atoms with Gasteiger partial charge in [0.25, 0.3) is 0 Å². The number of fused-ring (bicyclic) bond motifs is 2. The van der Waals surface area contributed by atoms with Gasteiger partial charge in [-0.25, -0.2) is 0 Å². The number of allylic oxidation sites excluding steroid dienone is 2. The van der Waals surface area contributed by atoms with E-state index in [1.807, 2.05) is 25.3 Å². The second-order valence-corrected chi connectivity index (χ2v) is 3.46. The average Bonchev–Trinajstić information content (AvgIpc) is 2.48. The molecule has 0 atom stereocenters. The minimum Gasteiger partial charge on any atom is -0.255 e. The van der Waals surface area contributed by atoms with Crippen LogP contribution in [0.2, 0.25) is 0 Å². The second-order valence-electron chi connectivity index (χ2n) is 3.46. The molecule has 1 aromatic rings. The van der Waals surface area contributed by atoms with Crippen molar-refractivity contribution in [2.45, 2.75) is 6.92 Å². The van der Waals surface area contributed by atoms with Crippen LogP contribution in [-0.4, -0.2) is 0 Å². The first-order chi connectivity index (χ1) is 7.27. The van der Waals surface area contributed by atoms with Crippen LogP contribution in [0.1, 0.15) is 12.5 Å². The van der Waals surface area contributed by atoms with Crippen LogP contribution in [0.5, 0.6) is 0 Å². The van der Waals surface area contributed by atoms with Crippen LogP contribution in [0.4, 0.5) is 0 Å². The lowest BCUT2D eigenvalue weighted by Crippen LogP contribution is -2.45. The highest BCUT2D eigenvalue weighted by Gasteiger charge is 2.01. The van der Waals surface area contributed by atoms with E-state index in [4.69, 9.17) is 0 Å². The molecule has 1 heterocycles. The Morgan fingerprint density at radius 1 is 1.40 bits per heavy atom. The van der Waals surface area contributed by atoms with Crippen molar-refractivity contribution in [3.63, 3.8) is 0 Å². The number of rotatable bonds is 2. The smallest absolute Gasteiger partial charge is 0.0775 e. The third-order valence-corrected chi connectivity index (χ3v) is 2.47. The molecule has 1 aliphatic heterocycles. The summed E-state index contributed by atoms with van der Waals surface area (Å²) in [6.07, 6.45) is 9.71. The quantitative estimate of drug-likeness (QED) is 0.650. The first kappa shape index (κ1) is 9.66. The predicted molar refractivity (Wildman–Crippen MR) is 65.8 cm³/mol. The van der Waals surface area contributed by atoms with E-state index in [0.29, 0.717) is 0 Å². The second kappa shape index (κ2) is 3.70. The van der Waals surface area contributed by atoms with Crippen LogP contribution in [0.15, 0.2) is 29.8 Å². The van der Waals surface area contributed by atoms with Crippen LogP contribution >= 0.6 is 0 Å². The fourth-order valence-electron chi connectivity index (χ4n) is 1.80. The summed E-state index contributed by atoms with van der Waals surface area (Å²) >= 11 is 0. The highest BCUT2D eigenvalue weighted by Crippen LogP contribution is 1.90. The normalized spacial score (nSPS) is 14.1. The van der Waals surface area contributed by atoms with Crippen LogP contribution in [-0.2, 0) is 0 Å². The highest BCUT2D eigenvalue weighted by atomic mass is 14.7. The van der Waals surface area contributed by atoms with Gasteiger partial charge in [-0.3, -0.25) is 4.99 Å². The Hall–Kier alpha value is -1.89. The van der Waals surface area contributed by atoms with Gasteiger partial charge in [0.2, 0.25) is 0 Å². The minimum absolute atomic E-state index is 0.990. The third-order valence-electron chi connectivity index (χ3n) is 2.47. The molecule has 1 aromatic carbocycles. The molecule has 0 saturated carbocycles. The van der Waals surface area contributed by atoms with Crippen LogP contribution in [0.3, 0.4) is 0 Å². The first-order valence-electron chi connectivity index (χ1n) is 4.93. The Bertz CT molecular complexity index is 661. The standard InChI is InChI=1S/C14H13N/c1-4-6-11-8-12(7-5-2)14-10(3)13(11)9-15-14/h4-9H,1,3H2,2H3/b7-5-,11-6+. The van der Waals surface area contributed by atoms with Gasteiger partial charge in [0.05, 0.1) is 5.36 Å². The number of nitrogens with zero attached hydrogens (tertiary/aromatic N) is 1. The highest BCUT2D eigenvalue weighted by molar-refractivity contribution is 5.54. The summed E-state index contributed by atoms with van der Waals surface area (Å²) in [5.41, 5.74) is 1.12. The molecule has 2 rings (SSSR count). The number of benzene rings is 1. The van der Waals surface area contributed by atoms with E-state index >= 15 is 0 Å². The van der Waals surface area contributed by atoms with Gasteiger partial charge in [0, 0.05) is 22.2 Å². The molecule has 0 amide bonds. The summed E-state index contributed by atoms with van der Waals surface area (Å²) in [7, 11) is 0. The molecule has 0 fully saturated rings. The molecule has 0 radical (unpaired) electrons. The van der Waals surface area contributed by atoms with E-state index in [9.17, 15) is 0 Å². The van der Waals surface area contributed by atoms with Crippen molar-refractivity contribution >= 4 is 24.9 Å². The predicted octanol–water partition coefficient (Wildman–Crippen LogP) is 0.468. The van der Waals surface area contributed by atoms with Gasteiger partial charge in [-0.15, -0.1) is 0 Å². The zero-order valence-electron chi connectivity index (χ0n) is 8.83. The zero-order chi connectivity index (χ0) is 10.8. The summed E-state index contributed by atoms with van der Waals surface area (Å²) in [4.78, 5) is 4.37. The Morgan fingerprint density at radius 3 is 2.87 bits per heavy atom. The molecule has 0 aromatic heterocycles. The molecule has 0 N–H and O–H groups in total. The summed E-state index contributed by atoms with van der Waals surface area (Å²) in [5.74, 6) is 0. The maximum Gasteiger partial charge on any atom is 0.0775 e. The largest absolute Gasteiger partial charge is 0.255 e. The molecule has 0 spiro atoms. The Labute approximate surface area is 88.8 Å². The summed E-state index contributed by atoms with van der Waals surface area (Å²) in [6, 6.07) is 2.12. The van der Waals surface area contributed by atoms with Crippen LogP contribution in [0.25, 0.3) is 24.9 Å². The topological polar surface area (TPSA) is 12.4 Å². The van der Waals surface area contributed by atoms with Gasteiger partial charge in [0.1, 0.15) is 0 Å². The lowest BCUT2D eigenvalue weighted by Gasteiger charge is -1.93. The van der Waals surface area contributed by atoms with E-state index in [0.717, 1.165) is 26.6 Å². The summed E-state index contributed by atoms with van der Waals surface area (Å²) < 4.78 is 0. The van der Waals surface area contributed by atoms with Crippen molar-refractivity contribution in [2.24, 2.45) is 4.99 Å². The maximum atomic E-state index is 4.37. The average molecular weight is 195 g/mol. The van der Waals surface area contributed by atoms with Crippen molar-refractivity contribution < 1.29 is 0 Å². The van der Waals surface area contributed by atoms with E-state index in [1.54, 1.807) is 6.08 Å². The Morgan fingerprint density at radius 2 is 2.20 bits per heavy atom. The number of hydrogen-bond donors (Lipinski definition) is 0. The molecule has 0 aliphatic carbocycles.